The highest BCUT2D eigenvalue weighted by atomic mass is 32.2. The van der Waals surface area contributed by atoms with E-state index in [0.29, 0.717) is 10.7 Å². The van der Waals surface area contributed by atoms with Crippen molar-refractivity contribution in [3.8, 4) is 0 Å². The van der Waals surface area contributed by atoms with E-state index in [1.165, 1.54) is 0 Å². The third-order valence-electron chi connectivity index (χ3n) is 2.21. The van der Waals surface area contributed by atoms with Gasteiger partial charge in [-0.2, -0.15) is 0 Å². The molecule has 0 spiro atoms. The van der Waals surface area contributed by atoms with Crippen molar-refractivity contribution in [1.29, 1.82) is 0 Å². The Hall–Kier alpha value is -2.15. The number of aromatic nitrogens is 3. The van der Waals surface area contributed by atoms with Gasteiger partial charge in [0.15, 0.2) is 0 Å². The molecular weight excluding hydrogens is 240 g/mol. The minimum absolute atomic E-state index is 0.349. The zero-order valence-electron chi connectivity index (χ0n) is 8.45. The van der Waals surface area contributed by atoms with E-state index in [1.54, 1.807) is 35.3 Å². The lowest BCUT2D eigenvalue weighted by molar-refractivity contribution is -0.115. The zero-order valence-corrected chi connectivity index (χ0v) is 9.27. The SMILES string of the molecule is O=C1NC(=O)/C(=C/c2cnc3nccn3c2)S1. The monoisotopic (exact) mass is 246 g/mol. The number of rotatable bonds is 1. The summed E-state index contributed by atoms with van der Waals surface area (Å²) in [5, 5.41) is 1.85. The summed E-state index contributed by atoms with van der Waals surface area (Å²) >= 11 is 0.885. The van der Waals surface area contributed by atoms with E-state index in [1.807, 2.05) is 0 Å². The highest BCUT2D eigenvalue weighted by Gasteiger charge is 2.24. The van der Waals surface area contributed by atoms with Gasteiger partial charge < -0.3 is 0 Å². The van der Waals surface area contributed by atoms with Crippen LogP contribution in [0.15, 0.2) is 29.7 Å². The van der Waals surface area contributed by atoms with Crippen LogP contribution in [0.4, 0.5) is 4.79 Å². The number of nitrogens with zero attached hydrogens (tertiary/aromatic N) is 3. The van der Waals surface area contributed by atoms with E-state index < -0.39 is 0 Å². The third kappa shape index (κ3) is 1.80. The van der Waals surface area contributed by atoms with Crippen LogP contribution in [0.1, 0.15) is 5.56 Å². The fourth-order valence-electron chi connectivity index (χ4n) is 1.48. The summed E-state index contributed by atoms with van der Waals surface area (Å²) in [6.45, 7) is 0. The van der Waals surface area contributed by atoms with Gasteiger partial charge in [0.2, 0.25) is 5.78 Å². The molecule has 1 aliphatic heterocycles. The Morgan fingerprint density at radius 3 is 3.00 bits per heavy atom. The van der Waals surface area contributed by atoms with Crippen LogP contribution in [-0.4, -0.2) is 25.5 Å². The quantitative estimate of drug-likeness (QED) is 0.761. The average Bonchev–Trinajstić information content (AvgIpc) is 2.85. The van der Waals surface area contributed by atoms with Crippen LogP contribution in [-0.2, 0) is 4.79 Å². The van der Waals surface area contributed by atoms with Crippen LogP contribution in [0.25, 0.3) is 11.9 Å². The molecule has 0 bridgehead atoms. The molecule has 1 N–H and O–H groups in total. The van der Waals surface area contributed by atoms with Gasteiger partial charge in [0.05, 0.1) is 4.91 Å². The molecule has 0 aromatic carbocycles. The molecule has 2 aromatic rings. The van der Waals surface area contributed by atoms with Crippen molar-refractivity contribution in [3.05, 3.63) is 35.3 Å². The number of amides is 2. The molecule has 1 saturated heterocycles. The number of carbonyl (C=O) groups excluding carboxylic acids is 2. The fraction of sp³-hybridized carbons (Fsp3) is 0. The lowest BCUT2D eigenvalue weighted by Crippen LogP contribution is -2.17. The Morgan fingerprint density at radius 2 is 2.24 bits per heavy atom. The average molecular weight is 246 g/mol. The molecule has 0 atom stereocenters. The molecule has 0 saturated carbocycles. The van der Waals surface area contributed by atoms with Crippen molar-refractivity contribution in [2.75, 3.05) is 0 Å². The Balaban J connectivity index is 2.01. The normalized spacial score (nSPS) is 18.0. The summed E-state index contributed by atoms with van der Waals surface area (Å²) in [7, 11) is 0. The van der Waals surface area contributed by atoms with Crippen molar-refractivity contribution in [2.45, 2.75) is 0 Å². The highest BCUT2D eigenvalue weighted by molar-refractivity contribution is 8.18. The lowest BCUT2D eigenvalue weighted by atomic mass is 10.3. The molecule has 2 aromatic heterocycles. The van der Waals surface area contributed by atoms with E-state index in [2.05, 4.69) is 15.3 Å². The minimum atomic E-state index is -0.370. The van der Waals surface area contributed by atoms with Gasteiger partial charge >= 0.3 is 0 Å². The smallest absolute Gasteiger partial charge is 0.290 e. The van der Waals surface area contributed by atoms with Crippen LogP contribution in [0.5, 0.6) is 0 Å². The molecule has 1 aliphatic rings. The predicted molar refractivity (Wildman–Crippen MR) is 62.1 cm³/mol. The molecule has 2 amide bonds. The summed E-state index contributed by atoms with van der Waals surface area (Å²) in [6, 6.07) is 0. The standard InChI is InChI=1S/C10H6N4O2S/c15-8-7(17-10(16)13-8)3-6-4-12-9-11-1-2-14(9)5-6/h1-5H,(H,13,15,16)/b7-3-. The number of thioether (sulfide) groups is 1. The Labute approximate surface area is 99.7 Å². The number of hydrogen-bond acceptors (Lipinski definition) is 5. The van der Waals surface area contributed by atoms with Crippen molar-refractivity contribution < 1.29 is 9.59 Å². The Bertz CT molecular complexity index is 661. The largest absolute Gasteiger partial charge is 0.291 e. The summed E-state index contributed by atoms with van der Waals surface area (Å²) in [5.74, 6) is 0.220. The van der Waals surface area contributed by atoms with Crippen LogP contribution in [0, 0.1) is 0 Å². The topological polar surface area (TPSA) is 76.4 Å². The zero-order chi connectivity index (χ0) is 11.8. The number of imidazole rings is 1. The summed E-state index contributed by atoms with van der Waals surface area (Å²) in [6.07, 6.45) is 8.42. The molecule has 1 fully saturated rings. The molecule has 7 heteroatoms. The molecule has 3 heterocycles. The van der Waals surface area contributed by atoms with Gasteiger partial charge in [0.25, 0.3) is 11.1 Å². The fourth-order valence-corrected chi connectivity index (χ4v) is 2.16. The first-order chi connectivity index (χ1) is 8.22. The maximum absolute atomic E-state index is 11.3. The number of fused-ring (bicyclic) bond motifs is 1. The van der Waals surface area contributed by atoms with Crippen molar-refractivity contribution >= 4 is 34.8 Å². The van der Waals surface area contributed by atoms with E-state index in [-0.39, 0.29) is 11.1 Å². The lowest BCUT2D eigenvalue weighted by Gasteiger charge is -1.96. The van der Waals surface area contributed by atoms with Crippen LogP contribution in [0.2, 0.25) is 0 Å². The van der Waals surface area contributed by atoms with Gasteiger partial charge in [0, 0.05) is 30.4 Å². The third-order valence-corrected chi connectivity index (χ3v) is 3.02. The molecule has 84 valence electrons. The van der Waals surface area contributed by atoms with E-state index in [9.17, 15) is 9.59 Å². The Kier molecular flexibility index (Phi) is 2.19. The Morgan fingerprint density at radius 1 is 1.35 bits per heavy atom. The van der Waals surface area contributed by atoms with Gasteiger partial charge in [-0.15, -0.1) is 0 Å². The predicted octanol–water partition coefficient (Wildman–Crippen LogP) is 1.05. The maximum atomic E-state index is 11.3. The van der Waals surface area contributed by atoms with Gasteiger partial charge in [0.1, 0.15) is 0 Å². The summed E-state index contributed by atoms with van der Waals surface area (Å²) in [4.78, 5) is 30.8. The van der Waals surface area contributed by atoms with Gasteiger partial charge in [-0.3, -0.25) is 19.3 Å². The number of hydrogen-bond donors (Lipinski definition) is 1. The molecule has 3 rings (SSSR count). The van der Waals surface area contributed by atoms with Gasteiger partial charge in [-0.05, 0) is 17.8 Å². The van der Waals surface area contributed by atoms with Crippen LogP contribution in [0.3, 0.4) is 0 Å². The van der Waals surface area contributed by atoms with Crippen molar-refractivity contribution in [3.63, 3.8) is 0 Å². The van der Waals surface area contributed by atoms with E-state index in [0.717, 1.165) is 17.3 Å². The second-order valence-corrected chi connectivity index (χ2v) is 4.39. The van der Waals surface area contributed by atoms with E-state index >= 15 is 0 Å². The number of carbonyl (C=O) groups is 2. The maximum Gasteiger partial charge on any atom is 0.290 e. The van der Waals surface area contributed by atoms with Crippen molar-refractivity contribution in [1.82, 2.24) is 19.7 Å². The molecule has 0 aliphatic carbocycles. The molecular formula is C10H6N4O2S. The number of nitrogens with one attached hydrogen (secondary N) is 1. The second-order valence-electron chi connectivity index (χ2n) is 3.37. The summed E-state index contributed by atoms with van der Waals surface area (Å²) < 4.78 is 1.74. The van der Waals surface area contributed by atoms with Crippen molar-refractivity contribution in [2.24, 2.45) is 0 Å². The molecule has 0 unspecified atom stereocenters. The van der Waals surface area contributed by atoms with Crippen LogP contribution < -0.4 is 5.32 Å². The first-order valence-electron chi connectivity index (χ1n) is 4.76. The molecule has 6 nitrogen and oxygen atoms in total. The summed E-state index contributed by atoms with van der Waals surface area (Å²) in [5.41, 5.74) is 0.739. The van der Waals surface area contributed by atoms with Gasteiger partial charge in [-0.1, -0.05) is 0 Å². The molecule has 0 radical (unpaired) electrons. The first-order valence-corrected chi connectivity index (χ1v) is 5.57. The first kappa shape index (κ1) is 10.0. The second kappa shape index (κ2) is 3.70. The minimum Gasteiger partial charge on any atom is -0.291 e. The van der Waals surface area contributed by atoms with Crippen LogP contribution >= 0.6 is 11.8 Å². The molecule has 17 heavy (non-hydrogen) atoms. The van der Waals surface area contributed by atoms with Gasteiger partial charge in [-0.25, -0.2) is 9.97 Å². The number of imide groups is 1. The highest BCUT2D eigenvalue weighted by Crippen LogP contribution is 2.25. The van der Waals surface area contributed by atoms with E-state index in [4.69, 9.17) is 0 Å².